The number of primary amides is 1. The highest BCUT2D eigenvalue weighted by Crippen LogP contribution is 2.18. The van der Waals surface area contributed by atoms with Gasteiger partial charge in [-0.2, -0.15) is 0 Å². The fourth-order valence-corrected chi connectivity index (χ4v) is 2.17. The Morgan fingerprint density at radius 3 is 2.90 bits per heavy atom. The number of halogens is 1. The van der Waals surface area contributed by atoms with E-state index in [1.54, 1.807) is 19.1 Å². The van der Waals surface area contributed by atoms with Gasteiger partial charge in [0.05, 0.1) is 19.6 Å². The number of rotatable bonds is 3. The first-order valence-electron chi connectivity index (χ1n) is 6.37. The number of nitrogens with two attached hydrogens (primary N) is 1. The Morgan fingerprint density at radius 1 is 1.50 bits per heavy atom. The summed E-state index contributed by atoms with van der Waals surface area (Å²) in [5, 5.41) is 0. The number of carbonyl (C=O) groups excluding carboxylic acids is 2. The number of morpholine rings is 1. The summed E-state index contributed by atoms with van der Waals surface area (Å²) < 4.78 is 18.4. The third-order valence-electron chi connectivity index (χ3n) is 3.39. The van der Waals surface area contributed by atoms with Gasteiger partial charge in [-0.3, -0.25) is 9.59 Å². The molecule has 1 atom stereocenters. The molecule has 6 heteroatoms. The van der Waals surface area contributed by atoms with E-state index in [0.29, 0.717) is 12.1 Å². The van der Waals surface area contributed by atoms with Crippen molar-refractivity contribution in [2.75, 3.05) is 19.7 Å². The van der Waals surface area contributed by atoms with Crippen LogP contribution in [0.1, 0.15) is 12.5 Å². The lowest BCUT2D eigenvalue weighted by Crippen LogP contribution is -2.58. The Hall–Kier alpha value is -1.95. The van der Waals surface area contributed by atoms with E-state index in [1.165, 1.54) is 17.0 Å². The molecule has 1 aliphatic rings. The monoisotopic (exact) mass is 280 g/mol. The minimum absolute atomic E-state index is 0.0899. The van der Waals surface area contributed by atoms with E-state index in [1.807, 2.05) is 0 Å². The van der Waals surface area contributed by atoms with Crippen LogP contribution >= 0.6 is 0 Å². The normalized spacial score (nSPS) is 22.6. The number of carbonyl (C=O) groups is 2. The zero-order chi connectivity index (χ0) is 14.8. The van der Waals surface area contributed by atoms with Crippen molar-refractivity contribution in [1.29, 1.82) is 0 Å². The van der Waals surface area contributed by atoms with Gasteiger partial charge in [0.25, 0.3) is 5.91 Å². The van der Waals surface area contributed by atoms with Crippen molar-refractivity contribution in [2.24, 2.45) is 5.73 Å². The first-order chi connectivity index (χ1) is 9.40. The summed E-state index contributed by atoms with van der Waals surface area (Å²) in [5.41, 5.74) is 4.73. The maximum absolute atomic E-state index is 13.1. The van der Waals surface area contributed by atoms with Crippen LogP contribution in [-0.2, 0) is 20.7 Å². The quantitative estimate of drug-likeness (QED) is 0.875. The predicted molar refractivity (Wildman–Crippen MR) is 70.2 cm³/mol. The van der Waals surface area contributed by atoms with E-state index < -0.39 is 11.5 Å². The Bertz CT molecular complexity index is 535. The van der Waals surface area contributed by atoms with Crippen molar-refractivity contribution in [3.05, 3.63) is 35.6 Å². The Morgan fingerprint density at radius 2 is 2.25 bits per heavy atom. The number of amides is 2. The van der Waals surface area contributed by atoms with Crippen molar-refractivity contribution < 1.29 is 18.7 Å². The van der Waals surface area contributed by atoms with Crippen LogP contribution in [0.15, 0.2) is 24.3 Å². The second-order valence-corrected chi connectivity index (χ2v) is 5.07. The van der Waals surface area contributed by atoms with Gasteiger partial charge in [0.1, 0.15) is 5.82 Å². The van der Waals surface area contributed by atoms with Gasteiger partial charge in [-0.1, -0.05) is 12.1 Å². The van der Waals surface area contributed by atoms with Gasteiger partial charge >= 0.3 is 0 Å². The molecular formula is C14H17FN2O3. The highest BCUT2D eigenvalue weighted by Gasteiger charge is 2.39. The third-order valence-corrected chi connectivity index (χ3v) is 3.39. The van der Waals surface area contributed by atoms with E-state index in [9.17, 15) is 14.0 Å². The molecule has 108 valence electrons. The number of benzene rings is 1. The summed E-state index contributed by atoms with van der Waals surface area (Å²) >= 11 is 0. The summed E-state index contributed by atoms with van der Waals surface area (Å²) in [4.78, 5) is 25.1. The summed E-state index contributed by atoms with van der Waals surface area (Å²) in [6, 6.07) is 5.90. The van der Waals surface area contributed by atoms with Crippen molar-refractivity contribution in [3.63, 3.8) is 0 Å². The Kier molecular flexibility index (Phi) is 4.04. The zero-order valence-corrected chi connectivity index (χ0v) is 11.3. The van der Waals surface area contributed by atoms with E-state index in [4.69, 9.17) is 10.5 Å². The molecule has 0 aliphatic carbocycles. The fraction of sp³-hybridized carbons (Fsp3) is 0.429. The van der Waals surface area contributed by atoms with E-state index in [0.717, 1.165) is 0 Å². The summed E-state index contributed by atoms with van der Waals surface area (Å²) in [7, 11) is 0. The molecule has 0 spiro atoms. The molecule has 1 aromatic rings. The standard InChI is InChI=1S/C14H17FN2O3/c1-14(13(16)19)9-17(5-6-20-14)12(18)8-10-3-2-4-11(15)7-10/h2-4,7H,5-6,8-9H2,1H3,(H2,16,19)/t14-/m0/s1. The highest BCUT2D eigenvalue weighted by atomic mass is 19.1. The first kappa shape index (κ1) is 14.5. The molecule has 1 aliphatic heterocycles. The molecule has 0 radical (unpaired) electrons. The first-order valence-corrected chi connectivity index (χ1v) is 6.37. The maximum Gasteiger partial charge on any atom is 0.251 e. The van der Waals surface area contributed by atoms with Crippen LogP contribution < -0.4 is 5.73 Å². The van der Waals surface area contributed by atoms with E-state index in [-0.39, 0.29) is 31.3 Å². The highest BCUT2D eigenvalue weighted by molar-refractivity contribution is 5.85. The summed E-state index contributed by atoms with van der Waals surface area (Å²) in [6.45, 7) is 2.35. The van der Waals surface area contributed by atoms with Crippen LogP contribution in [0.4, 0.5) is 4.39 Å². The molecule has 0 aromatic heterocycles. The fourth-order valence-electron chi connectivity index (χ4n) is 2.17. The number of ether oxygens (including phenoxy) is 1. The van der Waals surface area contributed by atoms with Crippen LogP contribution in [0.5, 0.6) is 0 Å². The number of hydrogen-bond donors (Lipinski definition) is 1. The third kappa shape index (κ3) is 3.14. The SMILES string of the molecule is C[C@@]1(C(N)=O)CN(C(=O)Cc2cccc(F)c2)CCO1. The van der Waals surface area contributed by atoms with Crippen molar-refractivity contribution in [3.8, 4) is 0 Å². The molecule has 20 heavy (non-hydrogen) atoms. The molecule has 2 rings (SSSR count). The summed E-state index contributed by atoms with van der Waals surface area (Å²) in [5.74, 6) is -1.15. The van der Waals surface area contributed by atoms with Gasteiger partial charge in [0, 0.05) is 6.54 Å². The minimum atomic E-state index is -1.16. The maximum atomic E-state index is 13.1. The molecule has 0 saturated carbocycles. The van der Waals surface area contributed by atoms with Gasteiger partial charge in [0.15, 0.2) is 5.60 Å². The van der Waals surface area contributed by atoms with Crippen LogP contribution in [-0.4, -0.2) is 42.0 Å². The van der Waals surface area contributed by atoms with Crippen LogP contribution in [0.25, 0.3) is 0 Å². The second-order valence-electron chi connectivity index (χ2n) is 5.07. The smallest absolute Gasteiger partial charge is 0.251 e. The lowest BCUT2D eigenvalue weighted by atomic mass is 10.0. The largest absolute Gasteiger partial charge is 0.367 e. The molecular weight excluding hydrogens is 263 g/mol. The molecule has 1 saturated heterocycles. The lowest BCUT2D eigenvalue weighted by molar-refractivity contribution is -0.160. The molecule has 2 N–H and O–H groups in total. The minimum Gasteiger partial charge on any atom is -0.367 e. The Balaban J connectivity index is 2.04. The van der Waals surface area contributed by atoms with Gasteiger partial charge in [-0.15, -0.1) is 0 Å². The summed E-state index contributed by atoms with van der Waals surface area (Å²) in [6.07, 6.45) is 0.0899. The topological polar surface area (TPSA) is 72.6 Å². The Labute approximate surface area is 116 Å². The average molecular weight is 280 g/mol. The van der Waals surface area contributed by atoms with Gasteiger partial charge < -0.3 is 15.4 Å². The van der Waals surface area contributed by atoms with Crippen molar-refractivity contribution in [1.82, 2.24) is 4.90 Å². The van der Waals surface area contributed by atoms with Crippen molar-refractivity contribution >= 4 is 11.8 Å². The molecule has 5 nitrogen and oxygen atoms in total. The number of nitrogens with zero attached hydrogens (tertiary/aromatic N) is 1. The molecule has 0 bridgehead atoms. The van der Waals surface area contributed by atoms with Gasteiger partial charge in [0.2, 0.25) is 5.91 Å². The molecule has 2 amide bonds. The number of hydrogen-bond acceptors (Lipinski definition) is 3. The van der Waals surface area contributed by atoms with E-state index in [2.05, 4.69) is 0 Å². The zero-order valence-electron chi connectivity index (χ0n) is 11.3. The average Bonchev–Trinajstić information content (AvgIpc) is 2.38. The predicted octanol–water partition coefficient (Wildman–Crippen LogP) is 0.471. The van der Waals surface area contributed by atoms with Crippen LogP contribution in [0.3, 0.4) is 0 Å². The van der Waals surface area contributed by atoms with Gasteiger partial charge in [-0.05, 0) is 24.6 Å². The van der Waals surface area contributed by atoms with Crippen molar-refractivity contribution in [2.45, 2.75) is 18.9 Å². The molecule has 0 unspecified atom stereocenters. The second kappa shape index (κ2) is 5.58. The molecule has 1 aromatic carbocycles. The van der Waals surface area contributed by atoms with Crippen LogP contribution in [0, 0.1) is 5.82 Å². The van der Waals surface area contributed by atoms with E-state index >= 15 is 0 Å². The van der Waals surface area contributed by atoms with Crippen LogP contribution in [0.2, 0.25) is 0 Å². The molecule has 1 heterocycles. The van der Waals surface area contributed by atoms with Gasteiger partial charge in [-0.25, -0.2) is 4.39 Å². The lowest BCUT2D eigenvalue weighted by Gasteiger charge is -2.38. The molecule has 1 fully saturated rings.